The van der Waals surface area contributed by atoms with E-state index < -0.39 is 27.2 Å². The third kappa shape index (κ3) is 3.55. The maximum Gasteiger partial charge on any atom is 0.337 e. The van der Waals surface area contributed by atoms with Gasteiger partial charge in [0.25, 0.3) is 0 Å². The minimum absolute atomic E-state index is 0.0804. The summed E-state index contributed by atoms with van der Waals surface area (Å²) < 4.78 is 16.6. The molecule has 1 aromatic carbocycles. The number of benzene rings is 1. The number of ether oxygens (including phenoxy) is 1. The Bertz CT molecular complexity index is 390. The fraction of sp³-hybridized carbons (Fsp3) is 0.364. The van der Waals surface area contributed by atoms with Crippen molar-refractivity contribution in [3.63, 3.8) is 0 Å². The van der Waals surface area contributed by atoms with Crippen molar-refractivity contribution in [3.05, 3.63) is 27.3 Å². The van der Waals surface area contributed by atoms with Crippen molar-refractivity contribution in [1.82, 2.24) is 0 Å². The van der Waals surface area contributed by atoms with Crippen LogP contribution in [0.3, 0.4) is 0 Å². The Morgan fingerprint density at radius 2 is 2.25 bits per heavy atom. The van der Waals surface area contributed by atoms with E-state index >= 15 is 0 Å². The summed E-state index contributed by atoms with van der Waals surface area (Å²) in [5, 5.41) is 8.92. The number of carboxylic acids is 1. The molecule has 1 aromatic rings. The lowest BCUT2D eigenvalue weighted by Crippen LogP contribution is -2.02. The van der Waals surface area contributed by atoms with Crippen LogP contribution in [0.4, 0.5) is 0 Å². The molecule has 0 atom stereocenters. The van der Waals surface area contributed by atoms with Crippen LogP contribution in [-0.4, -0.2) is 17.7 Å². The maximum atomic E-state index is 10.9. The second-order valence-electron chi connectivity index (χ2n) is 3.23. The number of hydrogen-bond donors (Lipinski definition) is 1. The molecule has 0 radical (unpaired) electrons. The molecule has 0 bridgehead atoms. The van der Waals surface area contributed by atoms with Gasteiger partial charge in [0.1, 0.15) is 5.75 Å². The summed E-state index contributed by atoms with van der Waals surface area (Å²) >= 11 is -1.46. The van der Waals surface area contributed by atoms with E-state index in [1.54, 1.807) is 12.1 Å². The number of aromatic carboxylic acids is 1. The average molecular weight is 336 g/mol. The summed E-state index contributed by atoms with van der Waals surface area (Å²) in [7, 11) is 0. The SMILES string of the molecule is CCCCOc1ccc(I=O)c(C(=O)O)c1. The monoisotopic (exact) mass is 336 g/mol. The van der Waals surface area contributed by atoms with Gasteiger partial charge in [-0.25, -0.2) is 4.79 Å². The second-order valence-corrected chi connectivity index (χ2v) is 4.83. The van der Waals surface area contributed by atoms with Crippen molar-refractivity contribution in [2.45, 2.75) is 19.8 Å². The summed E-state index contributed by atoms with van der Waals surface area (Å²) in [6, 6.07) is 4.66. The summed E-state index contributed by atoms with van der Waals surface area (Å²) in [5.41, 5.74) is 0.0804. The highest BCUT2D eigenvalue weighted by Gasteiger charge is 2.11. The van der Waals surface area contributed by atoms with Crippen LogP contribution in [-0.2, 0) is 3.07 Å². The van der Waals surface area contributed by atoms with Gasteiger partial charge in [0.15, 0.2) is 21.2 Å². The van der Waals surface area contributed by atoms with E-state index in [0.29, 0.717) is 15.9 Å². The van der Waals surface area contributed by atoms with Gasteiger partial charge < -0.3 is 9.84 Å². The third-order valence-corrected chi connectivity index (χ3v) is 3.43. The smallest absolute Gasteiger partial charge is 0.337 e. The highest BCUT2D eigenvalue weighted by molar-refractivity contribution is 14.1. The number of unbranched alkanes of at least 4 members (excludes halogenated alkanes) is 1. The molecule has 0 saturated carbocycles. The molecule has 4 nitrogen and oxygen atoms in total. The molecular weight excluding hydrogens is 323 g/mol. The number of halogens is 1. The maximum absolute atomic E-state index is 10.9. The minimum Gasteiger partial charge on any atom is -0.494 e. The molecule has 88 valence electrons. The predicted octanol–water partition coefficient (Wildman–Crippen LogP) is 3.05. The number of hydrogen-bond acceptors (Lipinski definition) is 3. The molecular formula is C11H13IO4. The van der Waals surface area contributed by atoms with Crippen molar-refractivity contribution in [1.29, 1.82) is 0 Å². The first-order valence-electron chi connectivity index (χ1n) is 4.96. The summed E-state index contributed by atoms with van der Waals surface area (Å²) in [6.07, 6.45) is 1.95. The van der Waals surface area contributed by atoms with Crippen molar-refractivity contribution in [3.8, 4) is 5.75 Å². The van der Waals surface area contributed by atoms with E-state index in [4.69, 9.17) is 9.84 Å². The van der Waals surface area contributed by atoms with Gasteiger partial charge in [-0.3, -0.25) is 3.07 Å². The van der Waals surface area contributed by atoms with Crippen molar-refractivity contribution >= 4 is 27.2 Å². The van der Waals surface area contributed by atoms with Gasteiger partial charge in [-0.15, -0.1) is 0 Å². The average Bonchev–Trinajstić information content (AvgIpc) is 2.29. The van der Waals surface area contributed by atoms with Crippen LogP contribution in [0.5, 0.6) is 5.75 Å². The quantitative estimate of drug-likeness (QED) is 0.641. The molecule has 0 unspecified atom stereocenters. The van der Waals surface area contributed by atoms with Crippen LogP contribution < -0.4 is 4.74 Å². The van der Waals surface area contributed by atoms with Gasteiger partial charge >= 0.3 is 5.97 Å². The molecule has 0 aliphatic heterocycles. The van der Waals surface area contributed by atoms with Crippen molar-refractivity contribution in [2.24, 2.45) is 0 Å². The van der Waals surface area contributed by atoms with Gasteiger partial charge in [-0.1, -0.05) is 13.3 Å². The molecule has 0 aliphatic rings. The highest BCUT2D eigenvalue weighted by Crippen LogP contribution is 2.22. The molecule has 0 aliphatic carbocycles. The summed E-state index contributed by atoms with van der Waals surface area (Å²) in [5.74, 6) is -0.543. The Morgan fingerprint density at radius 3 is 2.81 bits per heavy atom. The van der Waals surface area contributed by atoms with Crippen LogP contribution in [0.25, 0.3) is 0 Å². The Balaban J connectivity index is 2.85. The Morgan fingerprint density at radius 1 is 1.50 bits per heavy atom. The Hall–Kier alpha value is -0.980. The number of carbonyl (C=O) groups is 1. The van der Waals surface area contributed by atoms with E-state index in [1.165, 1.54) is 6.07 Å². The zero-order valence-corrected chi connectivity index (χ0v) is 11.1. The van der Waals surface area contributed by atoms with E-state index in [9.17, 15) is 7.86 Å². The van der Waals surface area contributed by atoms with E-state index in [0.717, 1.165) is 12.8 Å². The van der Waals surface area contributed by atoms with Crippen LogP contribution >= 0.6 is 21.2 Å². The zero-order chi connectivity index (χ0) is 12.0. The van der Waals surface area contributed by atoms with E-state index in [-0.39, 0.29) is 5.56 Å². The Kier molecular flexibility index (Phi) is 5.37. The lowest BCUT2D eigenvalue weighted by Gasteiger charge is -2.06. The molecule has 0 saturated heterocycles. The predicted molar refractivity (Wildman–Crippen MR) is 67.2 cm³/mol. The fourth-order valence-corrected chi connectivity index (χ4v) is 2.11. The molecule has 1 N–H and O–H groups in total. The van der Waals surface area contributed by atoms with E-state index in [2.05, 4.69) is 6.92 Å². The number of carboxylic acid groups (broad SMARTS) is 1. The zero-order valence-electron chi connectivity index (χ0n) is 8.90. The molecule has 0 heterocycles. The van der Waals surface area contributed by atoms with Crippen LogP contribution in [0.15, 0.2) is 18.2 Å². The number of rotatable bonds is 6. The molecule has 0 amide bonds. The minimum atomic E-state index is -1.46. The first-order chi connectivity index (χ1) is 7.69. The van der Waals surface area contributed by atoms with E-state index in [1.807, 2.05) is 0 Å². The Labute approximate surface area is 104 Å². The van der Waals surface area contributed by atoms with Gasteiger partial charge in [0, 0.05) is 0 Å². The second kappa shape index (κ2) is 6.57. The van der Waals surface area contributed by atoms with Crippen LogP contribution in [0.1, 0.15) is 30.1 Å². The van der Waals surface area contributed by atoms with Crippen LogP contribution in [0, 0.1) is 3.57 Å². The van der Waals surface area contributed by atoms with Gasteiger partial charge in [0.2, 0.25) is 0 Å². The van der Waals surface area contributed by atoms with Crippen molar-refractivity contribution in [2.75, 3.05) is 6.61 Å². The first-order valence-corrected chi connectivity index (χ1v) is 6.92. The summed E-state index contributed by atoms with van der Waals surface area (Å²) in [6.45, 7) is 2.62. The lowest BCUT2D eigenvalue weighted by atomic mass is 10.2. The fourth-order valence-electron chi connectivity index (χ4n) is 1.16. The standard InChI is InChI=1S/C11H13IO4/c1-2-3-6-16-8-4-5-10(12-15)9(7-8)11(13)14/h4-5,7H,2-3,6H2,1H3,(H,13,14). The summed E-state index contributed by atoms with van der Waals surface area (Å²) in [4.78, 5) is 10.9. The normalized spacial score (nSPS) is 10.1. The molecule has 0 fully saturated rings. The highest BCUT2D eigenvalue weighted by atomic mass is 127. The largest absolute Gasteiger partial charge is 0.494 e. The lowest BCUT2D eigenvalue weighted by molar-refractivity contribution is 0.0695. The topological polar surface area (TPSA) is 63.6 Å². The molecule has 16 heavy (non-hydrogen) atoms. The van der Waals surface area contributed by atoms with Gasteiger partial charge in [0.05, 0.1) is 15.7 Å². The van der Waals surface area contributed by atoms with Gasteiger partial charge in [-0.2, -0.15) is 0 Å². The van der Waals surface area contributed by atoms with Gasteiger partial charge in [-0.05, 0) is 24.6 Å². The van der Waals surface area contributed by atoms with Crippen LogP contribution in [0.2, 0.25) is 0 Å². The molecule has 5 heteroatoms. The third-order valence-electron chi connectivity index (χ3n) is 2.02. The molecule has 0 aromatic heterocycles. The van der Waals surface area contributed by atoms with Crippen molar-refractivity contribution < 1.29 is 17.7 Å². The molecule has 0 spiro atoms. The molecule has 1 rings (SSSR count). The first kappa shape index (κ1) is 13.1.